The fraction of sp³-hybridized carbons (Fsp3) is 0. The molecule has 1 aromatic rings. The molecule has 1 unspecified atom stereocenters. The molecule has 0 heterocycles. The Kier molecular flexibility index (Phi) is 2.95. The maximum atomic E-state index is 10.7. The van der Waals surface area contributed by atoms with Gasteiger partial charge in [-0.1, -0.05) is 12.1 Å². The zero-order valence-corrected chi connectivity index (χ0v) is 6.88. The second-order valence-corrected chi connectivity index (χ2v) is 2.95. The van der Waals surface area contributed by atoms with Crippen LogP contribution in [-0.2, 0) is 15.9 Å². The summed E-state index contributed by atoms with van der Waals surface area (Å²) in [6.45, 7) is 0. The molecule has 64 valence electrons. The molecule has 0 radical (unpaired) electrons. The lowest BCUT2D eigenvalue weighted by molar-refractivity contribution is -0.105. The topological polar surface area (TPSA) is 66.4 Å². The Morgan fingerprint density at radius 1 is 1.42 bits per heavy atom. The molecule has 0 aliphatic rings. The minimum atomic E-state index is -2.06. The van der Waals surface area contributed by atoms with Gasteiger partial charge in [0.25, 0.3) is 0 Å². The van der Waals surface area contributed by atoms with Crippen molar-refractivity contribution < 1.29 is 13.6 Å². The average molecular weight is 185 g/mol. The van der Waals surface area contributed by atoms with Gasteiger partial charge in [0.1, 0.15) is 0 Å². The smallest absolute Gasteiger partial charge is 0.211 e. The Morgan fingerprint density at radius 3 is 2.67 bits per heavy atom. The molecule has 1 aromatic carbocycles. The van der Waals surface area contributed by atoms with E-state index in [1.807, 2.05) is 0 Å². The molecule has 12 heavy (non-hydrogen) atoms. The van der Waals surface area contributed by atoms with E-state index in [0.717, 1.165) is 0 Å². The van der Waals surface area contributed by atoms with Crippen molar-refractivity contribution in [2.75, 3.05) is 5.32 Å². The van der Waals surface area contributed by atoms with Crippen LogP contribution in [0.15, 0.2) is 29.2 Å². The molecule has 0 aliphatic carbocycles. The summed E-state index contributed by atoms with van der Waals surface area (Å²) in [6, 6.07) is 6.32. The third-order valence-electron chi connectivity index (χ3n) is 1.29. The van der Waals surface area contributed by atoms with Crippen LogP contribution in [0.2, 0.25) is 0 Å². The summed E-state index contributed by atoms with van der Waals surface area (Å²) in [6.07, 6.45) is 0.464. The highest BCUT2D eigenvalue weighted by Gasteiger charge is 2.04. The van der Waals surface area contributed by atoms with Crippen LogP contribution >= 0.6 is 0 Å². The van der Waals surface area contributed by atoms with E-state index < -0.39 is 11.1 Å². The van der Waals surface area contributed by atoms with E-state index in [1.54, 1.807) is 18.2 Å². The van der Waals surface area contributed by atoms with E-state index in [1.165, 1.54) is 6.07 Å². The number of anilines is 1. The van der Waals surface area contributed by atoms with Crippen LogP contribution in [0.4, 0.5) is 5.69 Å². The maximum absolute atomic E-state index is 10.7. The molecule has 0 aliphatic heterocycles. The zero-order valence-electron chi connectivity index (χ0n) is 6.06. The van der Waals surface area contributed by atoms with Crippen LogP contribution in [0.3, 0.4) is 0 Å². The van der Waals surface area contributed by atoms with Gasteiger partial charge in [-0.15, -0.1) is 0 Å². The minimum Gasteiger partial charge on any atom is -0.328 e. The quantitative estimate of drug-likeness (QED) is 0.541. The number of nitrogens with one attached hydrogen (secondary N) is 1. The minimum absolute atomic E-state index is 0.199. The molecule has 0 saturated carbocycles. The van der Waals surface area contributed by atoms with Crippen LogP contribution in [-0.4, -0.2) is 15.2 Å². The lowest BCUT2D eigenvalue weighted by Crippen LogP contribution is -1.99. The second-order valence-electron chi connectivity index (χ2n) is 2.01. The van der Waals surface area contributed by atoms with Crippen molar-refractivity contribution in [2.45, 2.75) is 4.90 Å². The van der Waals surface area contributed by atoms with Gasteiger partial charge < -0.3 is 9.87 Å². The first-order valence-corrected chi connectivity index (χ1v) is 4.26. The monoisotopic (exact) mass is 185 g/mol. The molecular weight excluding hydrogens is 178 g/mol. The van der Waals surface area contributed by atoms with Gasteiger partial charge in [-0.05, 0) is 12.1 Å². The Bertz CT molecular complexity index is 313. The van der Waals surface area contributed by atoms with Crippen LogP contribution < -0.4 is 5.32 Å². The van der Waals surface area contributed by atoms with Crippen LogP contribution in [0, 0.1) is 0 Å². The molecule has 1 amide bonds. The second kappa shape index (κ2) is 3.99. The van der Waals surface area contributed by atoms with E-state index in [9.17, 15) is 9.00 Å². The van der Waals surface area contributed by atoms with Gasteiger partial charge in [0.15, 0.2) is 11.1 Å². The highest BCUT2D eigenvalue weighted by Crippen LogP contribution is 2.16. The fourth-order valence-corrected chi connectivity index (χ4v) is 1.31. The number of hydrogen-bond donors (Lipinski definition) is 2. The molecule has 0 fully saturated rings. The van der Waals surface area contributed by atoms with Crippen molar-refractivity contribution in [3.8, 4) is 0 Å². The largest absolute Gasteiger partial charge is 0.328 e. The normalized spacial score (nSPS) is 12.1. The standard InChI is InChI=1S/C7H7NO3S/c9-5-8-6-3-1-2-4-7(6)12(10)11/h1-5H,(H,8,9)(H,10,11). The van der Waals surface area contributed by atoms with Gasteiger partial charge in [0, 0.05) is 0 Å². The van der Waals surface area contributed by atoms with Crippen LogP contribution in [0.25, 0.3) is 0 Å². The average Bonchev–Trinajstić information content (AvgIpc) is 2.05. The maximum Gasteiger partial charge on any atom is 0.211 e. The van der Waals surface area contributed by atoms with Gasteiger partial charge >= 0.3 is 0 Å². The van der Waals surface area contributed by atoms with E-state index >= 15 is 0 Å². The molecule has 2 N–H and O–H groups in total. The number of carbonyl (C=O) groups excluding carboxylic acids is 1. The molecular formula is C7H7NO3S. The first-order valence-electron chi connectivity index (χ1n) is 3.16. The first-order chi connectivity index (χ1) is 5.75. The third kappa shape index (κ3) is 1.90. The van der Waals surface area contributed by atoms with E-state index in [-0.39, 0.29) is 4.90 Å². The van der Waals surface area contributed by atoms with Gasteiger partial charge in [-0.2, -0.15) is 0 Å². The number of carbonyl (C=O) groups is 1. The van der Waals surface area contributed by atoms with E-state index in [0.29, 0.717) is 12.1 Å². The Hall–Kier alpha value is -1.20. The lowest BCUT2D eigenvalue weighted by atomic mass is 10.3. The van der Waals surface area contributed by atoms with Crippen LogP contribution in [0.5, 0.6) is 0 Å². The molecule has 0 saturated heterocycles. The Morgan fingerprint density at radius 2 is 2.08 bits per heavy atom. The van der Waals surface area contributed by atoms with Gasteiger partial charge in [-0.25, -0.2) is 4.21 Å². The predicted octanol–water partition coefficient (Wildman–Crippen LogP) is 0.835. The third-order valence-corrected chi connectivity index (χ3v) is 2.02. The molecule has 0 aromatic heterocycles. The number of para-hydroxylation sites is 1. The molecule has 1 atom stereocenters. The van der Waals surface area contributed by atoms with Gasteiger partial charge in [0.05, 0.1) is 10.6 Å². The molecule has 4 nitrogen and oxygen atoms in total. The highest BCUT2D eigenvalue weighted by molar-refractivity contribution is 7.79. The van der Waals surface area contributed by atoms with Crippen molar-refractivity contribution in [3.63, 3.8) is 0 Å². The number of benzene rings is 1. The van der Waals surface area contributed by atoms with E-state index in [4.69, 9.17) is 4.55 Å². The summed E-state index contributed by atoms with van der Waals surface area (Å²) < 4.78 is 19.4. The molecule has 1 rings (SSSR count). The van der Waals surface area contributed by atoms with Crippen molar-refractivity contribution in [3.05, 3.63) is 24.3 Å². The Labute approximate surface area is 71.9 Å². The highest BCUT2D eigenvalue weighted by atomic mass is 32.2. The number of amides is 1. The number of rotatable bonds is 3. The summed E-state index contributed by atoms with van der Waals surface area (Å²) in [4.78, 5) is 10.3. The lowest BCUT2D eigenvalue weighted by Gasteiger charge is -2.02. The molecule has 0 spiro atoms. The van der Waals surface area contributed by atoms with Crippen LogP contribution in [0.1, 0.15) is 0 Å². The fourth-order valence-electron chi connectivity index (χ4n) is 0.802. The van der Waals surface area contributed by atoms with E-state index in [2.05, 4.69) is 5.32 Å². The van der Waals surface area contributed by atoms with Gasteiger partial charge in [-0.3, -0.25) is 4.79 Å². The van der Waals surface area contributed by atoms with Crippen molar-refractivity contribution >= 4 is 23.2 Å². The molecule has 5 heteroatoms. The Balaban J connectivity index is 3.07. The summed E-state index contributed by atoms with van der Waals surface area (Å²) in [7, 11) is 0. The summed E-state index contributed by atoms with van der Waals surface area (Å²) in [5.74, 6) is 0. The van der Waals surface area contributed by atoms with Crippen molar-refractivity contribution in [2.24, 2.45) is 0 Å². The van der Waals surface area contributed by atoms with Crippen molar-refractivity contribution in [1.29, 1.82) is 0 Å². The first kappa shape index (κ1) is 8.89. The summed E-state index contributed by atoms with van der Waals surface area (Å²) in [5.41, 5.74) is 0.355. The summed E-state index contributed by atoms with van der Waals surface area (Å²) >= 11 is -2.06. The summed E-state index contributed by atoms with van der Waals surface area (Å²) in [5, 5.41) is 2.32. The zero-order chi connectivity index (χ0) is 8.97. The molecule has 0 bridgehead atoms. The predicted molar refractivity (Wildman–Crippen MR) is 45.2 cm³/mol. The van der Waals surface area contributed by atoms with Gasteiger partial charge in [0.2, 0.25) is 6.41 Å². The number of hydrogen-bond acceptors (Lipinski definition) is 2. The van der Waals surface area contributed by atoms with Crippen molar-refractivity contribution in [1.82, 2.24) is 0 Å². The SMILES string of the molecule is O=CNc1ccccc1S(=O)O.